The van der Waals surface area contributed by atoms with Crippen molar-refractivity contribution in [1.82, 2.24) is 29.4 Å². The van der Waals surface area contributed by atoms with E-state index in [9.17, 15) is 8.42 Å². The highest BCUT2D eigenvalue weighted by molar-refractivity contribution is 7.88. The second-order valence-corrected chi connectivity index (χ2v) is 10.2. The van der Waals surface area contributed by atoms with Crippen LogP contribution < -0.4 is 9.62 Å². The summed E-state index contributed by atoms with van der Waals surface area (Å²) in [5.74, 6) is 0.883. The van der Waals surface area contributed by atoms with E-state index in [-0.39, 0.29) is 6.54 Å². The molecule has 0 unspecified atom stereocenters. The van der Waals surface area contributed by atoms with Gasteiger partial charge in [0.25, 0.3) is 0 Å². The molecule has 0 amide bonds. The summed E-state index contributed by atoms with van der Waals surface area (Å²) in [6.07, 6.45) is 6.59. The molecule has 1 aromatic carbocycles. The largest absolute Gasteiger partial charge is 0.352 e. The fraction of sp³-hybridized carbons (Fsp3) is 0.435. The zero-order valence-electron chi connectivity index (χ0n) is 19.4. The highest BCUT2D eigenvalue weighted by Crippen LogP contribution is 2.28. The van der Waals surface area contributed by atoms with Gasteiger partial charge in [-0.3, -0.25) is 14.6 Å². The summed E-state index contributed by atoms with van der Waals surface area (Å²) in [4.78, 5) is 14.0. The van der Waals surface area contributed by atoms with Crippen LogP contribution in [0, 0.1) is 6.92 Å². The van der Waals surface area contributed by atoms with Crippen molar-refractivity contribution in [2.45, 2.75) is 33.5 Å². The predicted octanol–water partition coefficient (Wildman–Crippen LogP) is 2.04. The van der Waals surface area contributed by atoms with Gasteiger partial charge in [-0.05, 0) is 19.4 Å². The number of aromatic nitrogens is 4. The molecular weight excluding hydrogens is 438 g/mol. The number of nitrogens with one attached hydrogen (secondary N) is 1. The molecule has 0 spiro atoms. The number of aryl methyl sites for hydroxylation is 1. The summed E-state index contributed by atoms with van der Waals surface area (Å²) in [6, 6.07) is 7.78. The molecular formula is C23H31N7O2S. The van der Waals surface area contributed by atoms with Crippen LogP contribution in [0.3, 0.4) is 0 Å². The van der Waals surface area contributed by atoms with Crippen LogP contribution in [0.4, 0.5) is 5.82 Å². The number of hydrogen-bond donors (Lipinski definition) is 1. The molecule has 1 N–H and O–H groups in total. The highest BCUT2D eigenvalue weighted by Gasteiger charge is 2.22. The molecule has 0 saturated carbocycles. The first kappa shape index (κ1) is 23.3. The van der Waals surface area contributed by atoms with Gasteiger partial charge in [0, 0.05) is 75.0 Å². The minimum absolute atomic E-state index is 0.269. The van der Waals surface area contributed by atoms with E-state index in [0.29, 0.717) is 0 Å². The first-order valence-electron chi connectivity index (χ1n) is 11.2. The van der Waals surface area contributed by atoms with Crippen LogP contribution >= 0.6 is 0 Å². The third-order valence-electron chi connectivity index (χ3n) is 6.01. The molecule has 176 valence electrons. The average Bonchev–Trinajstić information content (AvgIpc) is 3.17. The fourth-order valence-corrected chi connectivity index (χ4v) is 4.51. The van der Waals surface area contributed by atoms with Crippen molar-refractivity contribution in [1.29, 1.82) is 0 Å². The van der Waals surface area contributed by atoms with E-state index in [1.807, 2.05) is 35.1 Å². The maximum Gasteiger partial charge on any atom is 0.209 e. The molecule has 0 bridgehead atoms. The first-order chi connectivity index (χ1) is 15.8. The van der Waals surface area contributed by atoms with Crippen LogP contribution in [0.25, 0.3) is 11.3 Å². The number of nitrogens with zero attached hydrogens (tertiary/aromatic N) is 6. The van der Waals surface area contributed by atoms with E-state index in [0.717, 1.165) is 68.2 Å². The number of piperazine rings is 1. The average molecular weight is 470 g/mol. The maximum atomic E-state index is 11.3. The SMILES string of the molecule is CCn1ncc(CN2CCN(c3nccnc3-c3ccc(CNS(C)(=O)=O)cc3)CC2)c1C. The number of rotatable bonds is 8. The topological polar surface area (TPSA) is 96.2 Å². The van der Waals surface area contributed by atoms with Gasteiger partial charge in [0.2, 0.25) is 10.0 Å². The summed E-state index contributed by atoms with van der Waals surface area (Å²) < 4.78 is 27.2. The van der Waals surface area contributed by atoms with Crippen LogP contribution in [0.2, 0.25) is 0 Å². The Morgan fingerprint density at radius 1 is 1.03 bits per heavy atom. The monoisotopic (exact) mass is 469 g/mol. The van der Waals surface area contributed by atoms with Crippen molar-refractivity contribution in [3.63, 3.8) is 0 Å². The summed E-state index contributed by atoms with van der Waals surface area (Å²) in [6.45, 7) is 9.97. The Labute approximate surface area is 195 Å². The van der Waals surface area contributed by atoms with Crippen LogP contribution in [0.5, 0.6) is 0 Å². The number of anilines is 1. The molecule has 3 heterocycles. The molecule has 0 radical (unpaired) electrons. The zero-order valence-corrected chi connectivity index (χ0v) is 20.2. The van der Waals surface area contributed by atoms with Crippen LogP contribution in [0.15, 0.2) is 42.9 Å². The smallest absolute Gasteiger partial charge is 0.209 e. The quantitative estimate of drug-likeness (QED) is 0.539. The molecule has 9 nitrogen and oxygen atoms in total. The van der Waals surface area contributed by atoms with Gasteiger partial charge in [0.1, 0.15) is 5.69 Å². The van der Waals surface area contributed by atoms with Crippen LogP contribution in [-0.2, 0) is 29.7 Å². The van der Waals surface area contributed by atoms with Crippen molar-refractivity contribution in [2.24, 2.45) is 0 Å². The van der Waals surface area contributed by atoms with Crippen molar-refractivity contribution >= 4 is 15.8 Å². The minimum Gasteiger partial charge on any atom is -0.352 e. The van der Waals surface area contributed by atoms with Gasteiger partial charge >= 0.3 is 0 Å². The molecule has 0 atom stereocenters. The van der Waals surface area contributed by atoms with Gasteiger partial charge in [0.15, 0.2) is 5.82 Å². The van der Waals surface area contributed by atoms with Crippen molar-refractivity contribution in [3.8, 4) is 11.3 Å². The van der Waals surface area contributed by atoms with Gasteiger partial charge in [-0.25, -0.2) is 18.1 Å². The number of benzene rings is 1. The Bertz CT molecular complexity index is 1180. The van der Waals surface area contributed by atoms with E-state index in [1.165, 1.54) is 11.3 Å². The lowest BCUT2D eigenvalue weighted by Gasteiger charge is -2.35. The van der Waals surface area contributed by atoms with Crippen molar-refractivity contribution < 1.29 is 8.42 Å². The molecule has 0 aliphatic carbocycles. The first-order valence-corrected chi connectivity index (χ1v) is 13.1. The second kappa shape index (κ2) is 9.98. The van der Waals surface area contributed by atoms with E-state index < -0.39 is 10.0 Å². The molecule has 3 aromatic rings. The second-order valence-electron chi connectivity index (χ2n) is 8.35. The Morgan fingerprint density at radius 3 is 2.36 bits per heavy atom. The third-order valence-corrected chi connectivity index (χ3v) is 6.68. The standard InChI is InChI=1S/C23H31N7O2S/c1-4-30-18(2)21(16-26-30)17-28-11-13-29(14-12-28)23-22(24-9-10-25-23)20-7-5-19(6-8-20)15-27-33(3,31)32/h5-10,16,27H,4,11-15,17H2,1-3H3. The van der Waals surface area contributed by atoms with E-state index >= 15 is 0 Å². The highest BCUT2D eigenvalue weighted by atomic mass is 32.2. The van der Waals surface area contributed by atoms with E-state index in [1.54, 1.807) is 12.4 Å². The van der Waals surface area contributed by atoms with Crippen molar-refractivity contribution in [3.05, 3.63) is 59.7 Å². The van der Waals surface area contributed by atoms with Gasteiger partial charge < -0.3 is 4.90 Å². The Hall–Kier alpha value is -2.82. The Balaban J connectivity index is 1.42. The predicted molar refractivity (Wildman–Crippen MR) is 129 cm³/mol. The lowest BCUT2D eigenvalue weighted by Crippen LogP contribution is -2.46. The summed E-state index contributed by atoms with van der Waals surface area (Å²) >= 11 is 0. The van der Waals surface area contributed by atoms with Crippen LogP contribution in [0.1, 0.15) is 23.7 Å². The minimum atomic E-state index is -3.22. The van der Waals surface area contributed by atoms with Crippen LogP contribution in [-0.4, -0.2) is 65.5 Å². The molecule has 1 aliphatic rings. The maximum absolute atomic E-state index is 11.3. The van der Waals surface area contributed by atoms with E-state index in [4.69, 9.17) is 0 Å². The molecule has 4 rings (SSSR count). The molecule has 1 aliphatic heterocycles. The lowest BCUT2D eigenvalue weighted by atomic mass is 10.1. The number of hydrogen-bond acceptors (Lipinski definition) is 7. The van der Waals surface area contributed by atoms with Gasteiger partial charge in [0.05, 0.1) is 12.5 Å². The Kier molecular flexibility index (Phi) is 7.06. The third kappa shape index (κ3) is 5.76. The van der Waals surface area contributed by atoms with Gasteiger partial charge in [-0.15, -0.1) is 0 Å². The fourth-order valence-electron chi connectivity index (χ4n) is 4.08. The summed E-state index contributed by atoms with van der Waals surface area (Å²) in [5.41, 5.74) is 5.23. The summed E-state index contributed by atoms with van der Waals surface area (Å²) in [7, 11) is -3.22. The molecule has 2 aromatic heterocycles. The van der Waals surface area contributed by atoms with E-state index in [2.05, 4.69) is 43.4 Å². The van der Waals surface area contributed by atoms with Gasteiger partial charge in [-0.2, -0.15) is 5.10 Å². The molecule has 1 fully saturated rings. The lowest BCUT2D eigenvalue weighted by molar-refractivity contribution is 0.249. The molecule has 1 saturated heterocycles. The summed E-state index contributed by atoms with van der Waals surface area (Å²) in [5, 5.41) is 4.46. The molecule has 33 heavy (non-hydrogen) atoms. The number of sulfonamides is 1. The zero-order chi connectivity index (χ0) is 23.4. The van der Waals surface area contributed by atoms with Crippen molar-refractivity contribution in [2.75, 3.05) is 37.3 Å². The van der Waals surface area contributed by atoms with Gasteiger partial charge in [-0.1, -0.05) is 24.3 Å². The normalized spacial score (nSPS) is 15.2. The Morgan fingerprint density at radius 2 is 1.73 bits per heavy atom. The molecule has 10 heteroatoms.